The molecule has 0 rings (SSSR count). The van der Waals surface area contributed by atoms with Crippen molar-refractivity contribution in [1.82, 2.24) is 0 Å². The van der Waals surface area contributed by atoms with E-state index in [9.17, 15) is 19.5 Å². The third-order valence-electron chi connectivity index (χ3n) is 14.5. The van der Waals surface area contributed by atoms with Crippen LogP contribution in [0.1, 0.15) is 316 Å². The average molecular weight is 1050 g/mol. The van der Waals surface area contributed by atoms with Gasteiger partial charge in [-0.15, -0.1) is 0 Å². The second-order valence-electron chi connectivity index (χ2n) is 23.1. The van der Waals surface area contributed by atoms with Crippen molar-refractivity contribution in [2.75, 3.05) is 47.5 Å². The first-order valence-electron chi connectivity index (χ1n) is 32.0. The van der Waals surface area contributed by atoms with Gasteiger partial charge in [-0.3, -0.25) is 9.59 Å². The van der Waals surface area contributed by atoms with Crippen LogP contribution in [0.4, 0.5) is 0 Å². The predicted molar refractivity (Wildman–Crippen MR) is 314 cm³/mol. The summed E-state index contributed by atoms with van der Waals surface area (Å²) in [5, 5.41) is 9.71. The number of carbonyl (C=O) groups is 3. The van der Waals surface area contributed by atoms with Gasteiger partial charge in [0, 0.05) is 12.8 Å². The highest BCUT2D eigenvalue weighted by Gasteiger charge is 2.25. The summed E-state index contributed by atoms with van der Waals surface area (Å²) in [5.74, 6) is -1.99. The molecule has 74 heavy (non-hydrogen) atoms. The molecule has 0 spiro atoms. The largest absolute Gasteiger partial charge is 0.477 e. The molecule has 2 atom stereocenters. The first-order chi connectivity index (χ1) is 36.1. The summed E-state index contributed by atoms with van der Waals surface area (Å²) in [6.07, 6.45) is 65.6. The highest BCUT2D eigenvalue weighted by atomic mass is 16.7. The van der Waals surface area contributed by atoms with E-state index in [4.69, 9.17) is 18.9 Å². The van der Waals surface area contributed by atoms with Crippen molar-refractivity contribution < 1.29 is 42.9 Å². The number of esters is 2. The van der Waals surface area contributed by atoms with Gasteiger partial charge in [0.25, 0.3) is 6.29 Å². The highest BCUT2D eigenvalue weighted by molar-refractivity contribution is 5.71. The molecule has 0 bridgehead atoms. The Balaban J connectivity index is 4.08. The van der Waals surface area contributed by atoms with E-state index in [-0.39, 0.29) is 32.2 Å². The minimum Gasteiger partial charge on any atom is -0.477 e. The molecule has 436 valence electrons. The molecule has 9 heteroatoms. The van der Waals surface area contributed by atoms with Gasteiger partial charge in [-0.2, -0.15) is 0 Å². The fourth-order valence-electron chi connectivity index (χ4n) is 9.52. The van der Waals surface area contributed by atoms with Gasteiger partial charge in [-0.1, -0.05) is 282 Å². The van der Waals surface area contributed by atoms with Crippen LogP contribution in [0.5, 0.6) is 0 Å². The van der Waals surface area contributed by atoms with Crippen LogP contribution in [-0.2, 0) is 33.3 Å². The Morgan fingerprint density at radius 2 is 0.730 bits per heavy atom. The molecule has 0 aliphatic heterocycles. The number of aliphatic carboxylic acids is 1. The topological polar surface area (TPSA) is 108 Å². The summed E-state index contributed by atoms with van der Waals surface area (Å²) >= 11 is 0. The van der Waals surface area contributed by atoms with E-state index in [1.54, 1.807) is 0 Å². The van der Waals surface area contributed by atoms with Crippen LogP contribution in [0, 0.1) is 0 Å². The summed E-state index contributed by atoms with van der Waals surface area (Å²) in [6, 6.07) is 0. The summed E-state index contributed by atoms with van der Waals surface area (Å²) in [4.78, 5) is 37.5. The zero-order chi connectivity index (χ0) is 54.1. The minimum atomic E-state index is -1.51. The number of quaternary nitrogens is 1. The predicted octanol–water partition coefficient (Wildman–Crippen LogP) is 19.1. The van der Waals surface area contributed by atoms with Crippen LogP contribution in [-0.4, -0.2) is 87.4 Å². The van der Waals surface area contributed by atoms with E-state index in [2.05, 4.69) is 38.2 Å². The van der Waals surface area contributed by atoms with E-state index >= 15 is 0 Å². The number of hydrogen-bond acceptors (Lipinski definition) is 7. The van der Waals surface area contributed by atoms with Gasteiger partial charge in [-0.05, 0) is 44.9 Å². The van der Waals surface area contributed by atoms with Crippen LogP contribution >= 0.6 is 0 Å². The minimum absolute atomic E-state index is 0.178. The Morgan fingerprint density at radius 3 is 1.09 bits per heavy atom. The van der Waals surface area contributed by atoms with E-state index in [0.717, 1.165) is 51.4 Å². The van der Waals surface area contributed by atoms with Gasteiger partial charge < -0.3 is 28.5 Å². The second-order valence-corrected chi connectivity index (χ2v) is 23.1. The Kier molecular flexibility index (Phi) is 55.2. The summed E-state index contributed by atoms with van der Waals surface area (Å²) < 4.78 is 22.9. The van der Waals surface area contributed by atoms with Gasteiger partial charge in [-0.25, -0.2) is 4.79 Å². The third kappa shape index (κ3) is 57.5. The van der Waals surface area contributed by atoms with Crippen molar-refractivity contribution in [3.63, 3.8) is 0 Å². The lowest BCUT2D eigenvalue weighted by Gasteiger charge is -2.25. The molecular formula is C65H124NO8+. The summed E-state index contributed by atoms with van der Waals surface area (Å²) in [7, 11) is 5.98. The maximum absolute atomic E-state index is 12.9. The first-order valence-corrected chi connectivity index (χ1v) is 32.0. The number of carboxylic acids is 1. The van der Waals surface area contributed by atoms with E-state index in [1.165, 1.54) is 238 Å². The van der Waals surface area contributed by atoms with Gasteiger partial charge >= 0.3 is 17.9 Å². The Hall–Kier alpha value is -2.23. The second kappa shape index (κ2) is 57.0. The van der Waals surface area contributed by atoms with E-state index < -0.39 is 24.3 Å². The number of likely N-dealkylation sites (N-methyl/N-ethyl adjacent to an activating group) is 1. The molecule has 0 saturated heterocycles. The number of hydrogen-bond donors (Lipinski definition) is 1. The fourth-order valence-corrected chi connectivity index (χ4v) is 9.52. The van der Waals surface area contributed by atoms with E-state index in [0.29, 0.717) is 17.4 Å². The molecule has 1 N–H and O–H groups in total. The Labute approximate surface area is 458 Å². The van der Waals surface area contributed by atoms with Gasteiger partial charge in [0.1, 0.15) is 13.2 Å². The molecule has 0 aromatic rings. The molecule has 2 unspecified atom stereocenters. The molecule has 0 aromatic heterocycles. The normalized spacial score (nSPS) is 12.8. The molecule has 0 radical (unpaired) electrons. The molecule has 0 aromatic carbocycles. The number of unbranched alkanes of at least 4 members (excludes halogenated alkanes) is 41. The Morgan fingerprint density at radius 1 is 0.405 bits per heavy atom. The van der Waals surface area contributed by atoms with Crippen LogP contribution in [0.2, 0.25) is 0 Å². The number of carboxylic acid groups (broad SMARTS) is 1. The molecule has 0 saturated carbocycles. The first kappa shape index (κ1) is 71.8. The molecular weight excluding hydrogens is 923 g/mol. The van der Waals surface area contributed by atoms with Crippen LogP contribution < -0.4 is 0 Å². The average Bonchev–Trinajstić information content (AvgIpc) is 3.37. The van der Waals surface area contributed by atoms with Crippen molar-refractivity contribution in [2.45, 2.75) is 328 Å². The van der Waals surface area contributed by atoms with Crippen molar-refractivity contribution in [2.24, 2.45) is 0 Å². The van der Waals surface area contributed by atoms with Crippen LogP contribution in [0.15, 0.2) is 24.3 Å². The van der Waals surface area contributed by atoms with Gasteiger partial charge in [0.2, 0.25) is 0 Å². The highest BCUT2D eigenvalue weighted by Crippen LogP contribution is 2.18. The quantitative estimate of drug-likeness (QED) is 0.0211. The van der Waals surface area contributed by atoms with E-state index in [1.807, 2.05) is 21.1 Å². The molecule has 0 aliphatic carbocycles. The monoisotopic (exact) mass is 1050 g/mol. The SMILES string of the molecule is CCCCC/C=C\C/C=C\CCCCCCCCCCCC(=O)OC(COC(=O)CCCCCCCCCCCCCCCCCCCCCCCCCCCCCCCC)COC(OCC[N+](C)(C)C)C(=O)O. The number of ether oxygens (including phenoxy) is 4. The fraction of sp³-hybridized carbons (Fsp3) is 0.892. The van der Waals surface area contributed by atoms with Gasteiger partial charge in [0.05, 0.1) is 34.4 Å². The van der Waals surface area contributed by atoms with Gasteiger partial charge in [0.15, 0.2) is 6.10 Å². The maximum Gasteiger partial charge on any atom is 0.361 e. The summed E-state index contributed by atoms with van der Waals surface area (Å²) in [6.45, 7) is 4.90. The van der Waals surface area contributed by atoms with Crippen molar-refractivity contribution >= 4 is 17.9 Å². The van der Waals surface area contributed by atoms with Crippen LogP contribution in [0.3, 0.4) is 0 Å². The number of rotatable bonds is 60. The zero-order valence-corrected chi connectivity index (χ0v) is 49.8. The molecule has 0 heterocycles. The lowest BCUT2D eigenvalue weighted by Crippen LogP contribution is -2.40. The number of nitrogens with zero attached hydrogens (tertiary/aromatic N) is 1. The molecule has 0 amide bonds. The summed E-state index contributed by atoms with van der Waals surface area (Å²) in [5.41, 5.74) is 0. The van der Waals surface area contributed by atoms with Crippen molar-refractivity contribution in [3.8, 4) is 0 Å². The zero-order valence-electron chi connectivity index (χ0n) is 49.8. The lowest BCUT2D eigenvalue weighted by atomic mass is 10.0. The standard InChI is InChI=1S/C65H123NO8/c1-6-8-10-12-14-16-18-20-22-24-26-27-28-29-30-31-32-33-34-35-36-38-39-41-43-45-47-49-51-53-55-62(67)72-59-61(60-73-65(64(69)70)71-58-57-66(3,4)5)74-63(68)56-54-52-50-48-46-44-42-40-37-25-23-21-19-17-15-13-11-9-7-2/h15,17,21,23,61,65H,6-14,16,18-20,22,24-60H2,1-5H3/p+1/b17-15-,23-21-. The molecule has 0 fully saturated rings. The maximum atomic E-state index is 12.9. The number of allylic oxidation sites excluding steroid dienone is 4. The van der Waals surface area contributed by atoms with Crippen molar-refractivity contribution in [3.05, 3.63) is 24.3 Å². The smallest absolute Gasteiger partial charge is 0.361 e. The molecule has 0 aliphatic rings. The Bertz CT molecular complexity index is 1260. The molecule has 9 nitrogen and oxygen atoms in total. The van der Waals surface area contributed by atoms with Crippen molar-refractivity contribution in [1.29, 1.82) is 0 Å². The lowest BCUT2D eigenvalue weighted by molar-refractivity contribution is -0.870. The third-order valence-corrected chi connectivity index (χ3v) is 14.5. The number of carbonyl (C=O) groups excluding carboxylic acids is 2. The van der Waals surface area contributed by atoms with Crippen LogP contribution in [0.25, 0.3) is 0 Å².